The summed E-state index contributed by atoms with van der Waals surface area (Å²) in [6.07, 6.45) is 1.54. The molecular formula is C19H20N4O2. The maximum Gasteiger partial charge on any atom is 0.259 e. The molecule has 128 valence electrons. The van der Waals surface area contributed by atoms with E-state index in [1.807, 2.05) is 32.0 Å². The topological polar surface area (TPSA) is 86.5 Å². The van der Waals surface area contributed by atoms with Crippen LogP contribution in [0, 0.1) is 25.2 Å². The van der Waals surface area contributed by atoms with E-state index in [2.05, 4.69) is 21.9 Å². The molecule has 6 nitrogen and oxygen atoms in total. The van der Waals surface area contributed by atoms with Gasteiger partial charge >= 0.3 is 0 Å². The van der Waals surface area contributed by atoms with Crippen LogP contribution >= 0.6 is 0 Å². The molecule has 2 aromatic carbocycles. The number of rotatable bonds is 7. The SMILES string of the molecule is Cc1ccc(NCC(=O)N/N=C\c2ccc(OCC#N)cc2)c(C)c1. The van der Waals surface area contributed by atoms with Crippen LogP contribution in [-0.2, 0) is 4.79 Å². The van der Waals surface area contributed by atoms with Gasteiger partial charge in [0, 0.05) is 5.69 Å². The van der Waals surface area contributed by atoms with Gasteiger partial charge in [0.25, 0.3) is 5.91 Å². The minimum Gasteiger partial charge on any atom is -0.479 e. The van der Waals surface area contributed by atoms with Crippen molar-refractivity contribution in [1.29, 1.82) is 5.26 Å². The first-order chi connectivity index (χ1) is 12.1. The first-order valence-corrected chi connectivity index (χ1v) is 7.81. The second kappa shape index (κ2) is 9.08. The third-order valence-electron chi connectivity index (χ3n) is 3.41. The fraction of sp³-hybridized carbons (Fsp3) is 0.211. The van der Waals surface area contributed by atoms with Gasteiger partial charge in [-0.15, -0.1) is 0 Å². The van der Waals surface area contributed by atoms with Crippen molar-refractivity contribution in [3.8, 4) is 11.8 Å². The lowest BCUT2D eigenvalue weighted by Crippen LogP contribution is -2.26. The number of nitriles is 1. The number of hydrogen-bond acceptors (Lipinski definition) is 5. The van der Waals surface area contributed by atoms with Crippen molar-refractivity contribution < 1.29 is 9.53 Å². The zero-order valence-electron chi connectivity index (χ0n) is 14.2. The largest absolute Gasteiger partial charge is 0.479 e. The van der Waals surface area contributed by atoms with Gasteiger partial charge in [0.05, 0.1) is 12.8 Å². The molecule has 2 rings (SSSR count). The molecule has 1 amide bonds. The van der Waals surface area contributed by atoms with E-state index in [4.69, 9.17) is 10.00 Å². The Hall–Kier alpha value is -3.33. The zero-order valence-corrected chi connectivity index (χ0v) is 14.2. The summed E-state index contributed by atoms with van der Waals surface area (Å²) in [5, 5.41) is 15.5. The van der Waals surface area contributed by atoms with Gasteiger partial charge in [-0.3, -0.25) is 4.79 Å². The van der Waals surface area contributed by atoms with Crippen LogP contribution < -0.4 is 15.5 Å². The van der Waals surface area contributed by atoms with Crippen molar-refractivity contribution in [2.45, 2.75) is 13.8 Å². The number of nitrogens with zero attached hydrogens (tertiary/aromatic N) is 2. The minimum atomic E-state index is -0.231. The Labute approximate surface area is 147 Å². The van der Waals surface area contributed by atoms with E-state index in [1.165, 1.54) is 5.56 Å². The Bertz CT molecular complexity index is 792. The number of nitrogens with one attached hydrogen (secondary N) is 2. The molecule has 0 bridgehead atoms. The third-order valence-corrected chi connectivity index (χ3v) is 3.41. The third kappa shape index (κ3) is 5.99. The van der Waals surface area contributed by atoms with Gasteiger partial charge in [-0.2, -0.15) is 10.4 Å². The number of benzene rings is 2. The number of amides is 1. The number of aryl methyl sites for hydroxylation is 2. The Morgan fingerprint density at radius 1 is 1.24 bits per heavy atom. The lowest BCUT2D eigenvalue weighted by Gasteiger charge is -2.09. The van der Waals surface area contributed by atoms with Gasteiger partial charge in [-0.1, -0.05) is 17.7 Å². The summed E-state index contributed by atoms with van der Waals surface area (Å²) < 4.78 is 5.16. The van der Waals surface area contributed by atoms with Crippen molar-refractivity contribution in [2.24, 2.45) is 5.10 Å². The number of hydrazone groups is 1. The first kappa shape index (κ1) is 18.0. The standard InChI is InChI=1S/C19H20N4O2/c1-14-3-8-18(15(2)11-14)21-13-19(24)23-22-12-16-4-6-17(7-5-16)25-10-9-20/h3-8,11-12,21H,10,13H2,1-2H3,(H,23,24)/b22-12-. The Balaban J connectivity index is 1.79. The van der Waals surface area contributed by atoms with Crippen LogP contribution in [-0.4, -0.2) is 25.3 Å². The summed E-state index contributed by atoms with van der Waals surface area (Å²) in [7, 11) is 0. The molecule has 0 fully saturated rings. The lowest BCUT2D eigenvalue weighted by molar-refractivity contribution is -0.119. The summed E-state index contributed by atoms with van der Waals surface area (Å²) in [4.78, 5) is 11.8. The molecule has 6 heteroatoms. The molecule has 0 aliphatic heterocycles. The Morgan fingerprint density at radius 3 is 2.68 bits per heavy atom. The average molecular weight is 336 g/mol. The van der Waals surface area contributed by atoms with Gasteiger partial charge in [-0.05, 0) is 55.3 Å². The normalized spacial score (nSPS) is 10.3. The van der Waals surface area contributed by atoms with Crippen molar-refractivity contribution in [2.75, 3.05) is 18.5 Å². The molecule has 0 radical (unpaired) electrons. The summed E-state index contributed by atoms with van der Waals surface area (Å²) in [5.41, 5.74) is 6.49. The molecule has 2 N–H and O–H groups in total. The molecule has 0 aliphatic carbocycles. The smallest absolute Gasteiger partial charge is 0.259 e. The molecule has 0 atom stereocenters. The molecule has 0 saturated carbocycles. The molecule has 0 aromatic heterocycles. The highest BCUT2D eigenvalue weighted by Gasteiger charge is 2.02. The fourth-order valence-corrected chi connectivity index (χ4v) is 2.17. The molecular weight excluding hydrogens is 316 g/mol. The highest BCUT2D eigenvalue weighted by atomic mass is 16.5. The maximum absolute atomic E-state index is 11.8. The van der Waals surface area contributed by atoms with Gasteiger partial charge in [0.2, 0.25) is 0 Å². The molecule has 0 unspecified atom stereocenters. The number of hydrogen-bond donors (Lipinski definition) is 2. The van der Waals surface area contributed by atoms with Crippen LogP contribution in [0.3, 0.4) is 0 Å². The second-order valence-electron chi connectivity index (χ2n) is 5.48. The minimum absolute atomic E-state index is 0.0109. The summed E-state index contributed by atoms with van der Waals surface area (Å²) in [5.74, 6) is 0.380. The summed E-state index contributed by atoms with van der Waals surface area (Å²) >= 11 is 0. The van der Waals surface area contributed by atoms with Crippen LogP contribution in [0.4, 0.5) is 5.69 Å². The second-order valence-corrected chi connectivity index (χ2v) is 5.48. The number of carbonyl (C=O) groups excluding carboxylic acids is 1. The number of ether oxygens (including phenoxy) is 1. The fourth-order valence-electron chi connectivity index (χ4n) is 2.17. The highest BCUT2D eigenvalue weighted by Crippen LogP contribution is 2.15. The van der Waals surface area contributed by atoms with Crippen molar-refractivity contribution in [3.63, 3.8) is 0 Å². The van der Waals surface area contributed by atoms with Crippen LogP contribution in [0.25, 0.3) is 0 Å². The molecule has 0 spiro atoms. The summed E-state index contributed by atoms with van der Waals surface area (Å²) in [6.45, 7) is 4.18. The van der Waals surface area contributed by atoms with Crippen molar-refractivity contribution in [1.82, 2.24) is 5.43 Å². The average Bonchev–Trinajstić information content (AvgIpc) is 2.60. The Kier molecular flexibility index (Phi) is 6.55. The Morgan fingerprint density at radius 2 is 2.00 bits per heavy atom. The number of carbonyl (C=O) groups is 1. The van der Waals surface area contributed by atoms with Gasteiger partial charge < -0.3 is 10.1 Å². The highest BCUT2D eigenvalue weighted by molar-refractivity contribution is 5.84. The molecule has 2 aromatic rings. The van der Waals surface area contributed by atoms with Gasteiger partial charge in [0.1, 0.15) is 11.8 Å². The van der Waals surface area contributed by atoms with Crippen LogP contribution in [0.1, 0.15) is 16.7 Å². The van der Waals surface area contributed by atoms with E-state index >= 15 is 0 Å². The predicted octanol–water partition coefficient (Wildman–Crippen LogP) is 2.77. The zero-order chi connectivity index (χ0) is 18.1. The maximum atomic E-state index is 11.8. The van der Waals surface area contributed by atoms with E-state index in [0.717, 1.165) is 16.8 Å². The monoisotopic (exact) mass is 336 g/mol. The van der Waals surface area contributed by atoms with Crippen molar-refractivity contribution in [3.05, 3.63) is 59.2 Å². The van der Waals surface area contributed by atoms with E-state index in [0.29, 0.717) is 5.75 Å². The predicted molar refractivity (Wildman–Crippen MR) is 97.7 cm³/mol. The lowest BCUT2D eigenvalue weighted by atomic mass is 10.1. The molecule has 0 aliphatic rings. The van der Waals surface area contributed by atoms with Crippen molar-refractivity contribution >= 4 is 17.8 Å². The van der Waals surface area contributed by atoms with Crippen LogP contribution in [0.15, 0.2) is 47.6 Å². The number of anilines is 1. The van der Waals surface area contributed by atoms with E-state index in [-0.39, 0.29) is 19.1 Å². The van der Waals surface area contributed by atoms with Crippen LogP contribution in [0.2, 0.25) is 0 Å². The summed E-state index contributed by atoms with van der Waals surface area (Å²) in [6, 6.07) is 15.0. The molecule has 0 heterocycles. The van der Waals surface area contributed by atoms with Gasteiger partial charge in [-0.25, -0.2) is 5.43 Å². The molecule has 0 saturated heterocycles. The van der Waals surface area contributed by atoms with Crippen LogP contribution in [0.5, 0.6) is 5.75 Å². The first-order valence-electron chi connectivity index (χ1n) is 7.81. The van der Waals surface area contributed by atoms with E-state index in [1.54, 1.807) is 30.5 Å². The van der Waals surface area contributed by atoms with Gasteiger partial charge in [0.15, 0.2) is 6.61 Å². The quantitative estimate of drug-likeness (QED) is 0.601. The van der Waals surface area contributed by atoms with E-state index in [9.17, 15) is 4.79 Å². The van der Waals surface area contributed by atoms with E-state index < -0.39 is 0 Å². The molecule has 25 heavy (non-hydrogen) atoms.